The Bertz CT molecular complexity index is 548. The van der Waals surface area contributed by atoms with E-state index in [0.29, 0.717) is 18.0 Å². The van der Waals surface area contributed by atoms with E-state index in [0.717, 1.165) is 5.75 Å². The highest BCUT2D eigenvalue weighted by atomic mass is 16.5. The Morgan fingerprint density at radius 1 is 1.42 bits per heavy atom. The van der Waals surface area contributed by atoms with Crippen molar-refractivity contribution in [1.29, 1.82) is 0 Å². The highest BCUT2D eigenvalue weighted by Crippen LogP contribution is 2.15. The lowest BCUT2D eigenvalue weighted by Crippen LogP contribution is -2.18. The predicted molar refractivity (Wildman–Crippen MR) is 72.9 cm³/mol. The number of nitrogen functional groups attached to an aromatic ring is 1. The Labute approximate surface area is 111 Å². The van der Waals surface area contributed by atoms with Crippen LogP contribution in [0.1, 0.15) is 6.92 Å². The van der Waals surface area contributed by atoms with Crippen molar-refractivity contribution in [3.63, 3.8) is 0 Å². The SMILES string of the molecule is CCOc1ccc(NC(=O)Cn2cc(N)cn2)cc1. The second-order valence-corrected chi connectivity index (χ2v) is 3.98. The lowest BCUT2D eigenvalue weighted by atomic mass is 10.3. The number of nitrogens with two attached hydrogens (primary N) is 1. The molecule has 100 valence electrons. The summed E-state index contributed by atoms with van der Waals surface area (Å²) in [6, 6.07) is 7.21. The number of amides is 1. The molecule has 6 nitrogen and oxygen atoms in total. The van der Waals surface area contributed by atoms with Gasteiger partial charge < -0.3 is 15.8 Å². The standard InChI is InChI=1S/C13H16N4O2/c1-2-19-12-5-3-11(4-6-12)16-13(18)9-17-8-10(14)7-15-17/h3-8H,2,9,14H2,1H3,(H,16,18). The number of nitrogens with one attached hydrogen (secondary N) is 1. The van der Waals surface area contributed by atoms with Gasteiger partial charge in [-0.05, 0) is 31.2 Å². The normalized spacial score (nSPS) is 10.2. The van der Waals surface area contributed by atoms with Crippen LogP contribution in [0, 0.1) is 0 Å². The highest BCUT2D eigenvalue weighted by Gasteiger charge is 2.04. The molecule has 0 aliphatic rings. The molecule has 1 aromatic heterocycles. The Balaban J connectivity index is 1.91. The number of carbonyl (C=O) groups is 1. The molecule has 2 rings (SSSR count). The molecule has 0 atom stereocenters. The predicted octanol–water partition coefficient (Wildman–Crippen LogP) is 1.50. The van der Waals surface area contributed by atoms with Crippen molar-refractivity contribution in [2.75, 3.05) is 17.7 Å². The molecule has 0 spiro atoms. The Hall–Kier alpha value is -2.50. The Morgan fingerprint density at radius 2 is 2.16 bits per heavy atom. The topological polar surface area (TPSA) is 82.2 Å². The molecule has 6 heteroatoms. The fourth-order valence-corrected chi connectivity index (χ4v) is 1.61. The van der Waals surface area contributed by atoms with Gasteiger partial charge in [0.1, 0.15) is 12.3 Å². The summed E-state index contributed by atoms with van der Waals surface area (Å²) in [4.78, 5) is 11.8. The minimum absolute atomic E-state index is 0.129. The number of hydrogen-bond donors (Lipinski definition) is 2. The van der Waals surface area contributed by atoms with Gasteiger partial charge in [0.2, 0.25) is 5.91 Å². The summed E-state index contributed by atoms with van der Waals surface area (Å²) in [7, 11) is 0. The van der Waals surface area contributed by atoms with E-state index in [1.165, 1.54) is 10.9 Å². The third-order valence-electron chi connectivity index (χ3n) is 2.41. The first-order valence-electron chi connectivity index (χ1n) is 5.98. The number of carbonyl (C=O) groups excluding carboxylic acids is 1. The van der Waals surface area contributed by atoms with Crippen molar-refractivity contribution in [2.24, 2.45) is 0 Å². The molecule has 0 radical (unpaired) electrons. The van der Waals surface area contributed by atoms with E-state index in [-0.39, 0.29) is 12.5 Å². The summed E-state index contributed by atoms with van der Waals surface area (Å²) >= 11 is 0. The first kappa shape index (κ1) is 12.9. The van der Waals surface area contributed by atoms with Crippen molar-refractivity contribution in [1.82, 2.24) is 9.78 Å². The number of nitrogens with zero attached hydrogens (tertiary/aromatic N) is 2. The van der Waals surface area contributed by atoms with E-state index < -0.39 is 0 Å². The van der Waals surface area contributed by atoms with Gasteiger partial charge in [-0.2, -0.15) is 5.10 Å². The molecule has 0 saturated heterocycles. The van der Waals surface area contributed by atoms with Gasteiger partial charge in [0.25, 0.3) is 0 Å². The smallest absolute Gasteiger partial charge is 0.246 e. The summed E-state index contributed by atoms with van der Waals surface area (Å²) in [5, 5.41) is 6.72. The summed E-state index contributed by atoms with van der Waals surface area (Å²) in [5.74, 6) is 0.618. The van der Waals surface area contributed by atoms with Crippen molar-refractivity contribution in [3.05, 3.63) is 36.7 Å². The fraction of sp³-hybridized carbons (Fsp3) is 0.231. The molecule has 0 saturated carbocycles. The van der Waals surface area contributed by atoms with Crippen LogP contribution in [-0.2, 0) is 11.3 Å². The van der Waals surface area contributed by atoms with Crippen molar-refractivity contribution in [3.8, 4) is 5.75 Å². The van der Waals surface area contributed by atoms with Crippen LogP contribution in [0.2, 0.25) is 0 Å². The molecule has 1 heterocycles. The summed E-state index contributed by atoms with van der Waals surface area (Å²) in [6.45, 7) is 2.67. The van der Waals surface area contributed by atoms with Crippen LogP contribution in [0.4, 0.5) is 11.4 Å². The van der Waals surface area contributed by atoms with Crippen LogP contribution in [0.5, 0.6) is 5.75 Å². The lowest BCUT2D eigenvalue weighted by Gasteiger charge is -2.07. The van der Waals surface area contributed by atoms with Gasteiger partial charge in [-0.1, -0.05) is 0 Å². The number of benzene rings is 1. The number of ether oxygens (including phenoxy) is 1. The first-order valence-corrected chi connectivity index (χ1v) is 5.98. The van der Waals surface area contributed by atoms with E-state index in [1.807, 2.05) is 19.1 Å². The lowest BCUT2D eigenvalue weighted by molar-refractivity contribution is -0.116. The van der Waals surface area contributed by atoms with E-state index in [1.54, 1.807) is 18.3 Å². The average molecular weight is 260 g/mol. The zero-order valence-electron chi connectivity index (χ0n) is 10.7. The molecule has 1 amide bonds. The summed E-state index contributed by atoms with van der Waals surface area (Å²) < 4.78 is 6.81. The van der Waals surface area contributed by atoms with Gasteiger partial charge in [-0.25, -0.2) is 0 Å². The van der Waals surface area contributed by atoms with Gasteiger partial charge in [-0.15, -0.1) is 0 Å². The van der Waals surface area contributed by atoms with Gasteiger partial charge >= 0.3 is 0 Å². The van der Waals surface area contributed by atoms with Crippen LogP contribution in [0.15, 0.2) is 36.7 Å². The van der Waals surface area contributed by atoms with Gasteiger partial charge in [0, 0.05) is 11.9 Å². The van der Waals surface area contributed by atoms with Crippen molar-refractivity contribution >= 4 is 17.3 Å². The number of anilines is 2. The maximum absolute atomic E-state index is 11.8. The Kier molecular flexibility index (Phi) is 4.02. The number of hydrogen-bond acceptors (Lipinski definition) is 4. The maximum atomic E-state index is 11.8. The molecule has 0 aliphatic heterocycles. The molecule has 1 aromatic carbocycles. The molecule has 3 N–H and O–H groups in total. The quantitative estimate of drug-likeness (QED) is 0.853. The number of rotatable bonds is 5. The first-order chi connectivity index (χ1) is 9.17. The van der Waals surface area contributed by atoms with Crippen LogP contribution < -0.4 is 15.8 Å². The third kappa shape index (κ3) is 3.74. The van der Waals surface area contributed by atoms with Crippen LogP contribution in [-0.4, -0.2) is 22.3 Å². The van der Waals surface area contributed by atoms with E-state index >= 15 is 0 Å². The van der Waals surface area contributed by atoms with Crippen molar-refractivity contribution in [2.45, 2.75) is 13.5 Å². The van der Waals surface area contributed by atoms with Gasteiger partial charge in [0.05, 0.1) is 18.5 Å². The second-order valence-electron chi connectivity index (χ2n) is 3.98. The summed E-state index contributed by atoms with van der Waals surface area (Å²) in [6.07, 6.45) is 3.11. The van der Waals surface area contributed by atoms with Crippen molar-refractivity contribution < 1.29 is 9.53 Å². The second kappa shape index (κ2) is 5.90. The molecular formula is C13H16N4O2. The molecule has 0 bridgehead atoms. The zero-order chi connectivity index (χ0) is 13.7. The van der Waals surface area contributed by atoms with E-state index in [4.69, 9.17) is 10.5 Å². The van der Waals surface area contributed by atoms with Crippen LogP contribution >= 0.6 is 0 Å². The zero-order valence-corrected chi connectivity index (χ0v) is 10.7. The fourth-order valence-electron chi connectivity index (χ4n) is 1.61. The molecule has 0 unspecified atom stereocenters. The largest absolute Gasteiger partial charge is 0.494 e. The van der Waals surface area contributed by atoms with Crippen LogP contribution in [0.3, 0.4) is 0 Å². The Morgan fingerprint density at radius 3 is 2.74 bits per heavy atom. The summed E-state index contributed by atoms with van der Waals surface area (Å²) in [5.41, 5.74) is 6.78. The molecule has 0 aliphatic carbocycles. The van der Waals surface area contributed by atoms with Gasteiger partial charge in [-0.3, -0.25) is 9.48 Å². The molecule has 2 aromatic rings. The van der Waals surface area contributed by atoms with E-state index in [9.17, 15) is 4.79 Å². The van der Waals surface area contributed by atoms with Gasteiger partial charge in [0.15, 0.2) is 0 Å². The minimum atomic E-state index is -0.160. The highest BCUT2D eigenvalue weighted by molar-refractivity contribution is 5.90. The third-order valence-corrected chi connectivity index (χ3v) is 2.41. The number of aromatic nitrogens is 2. The average Bonchev–Trinajstić information content (AvgIpc) is 2.77. The molecule has 0 fully saturated rings. The molecular weight excluding hydrogens is 244 g/mol. The van der Waals surface area contributed by atoms with Crippen LogP contribution in [0.25, 0.3) is 0 Å². The van der Waals surface area contributed by atoms with E-state index in [2.05, 4.69) is 10.4 Å². The monoisotopic (exact) mass is 260 g/mol. The minimum Gasteiger partial charge on any atom is -0.494 e. The maximum Gasteiger partial charge on any atom is 0.246 e. The molecule has 19 heavy (non-hydrogen) atoms.